The van der Waals surface area contributed by atoms with Crippen LogP contribution in [0.2, 0.25) is 0 Å². The van der Waals surface area contributed by atoms with Crippen LogP contribution in [0, 0.1) is 11.7 Å². The van der Waals surface area contributed by atoms with Crippen molar-refractivity contribution < 1.29 is 12.8 Å². The molecule has 0 unspecified atom stereocenters. The van der Waals surface area contributed by atoms with E-state index in [1.165, 1.54) is 28.6 Å². The van der Waals surface area contributed by atoms with Gasteiger partial charge in [-0.05, 0) is 43.0 Å². The van der Waals surface area contributed by atoms with Crippen LogP contribution >= 0.6 is 0 Å². The number of aromatic nitrogens is 2. The molecule has 7 heteroatoms. The van der Waals surface area contributed by atoms with E-state index >= 15 is 0 Å². The molecular formula is C15H18FN3O2S. The molecule has 1 fully saturated rings. The average Bonchev–Trinajstić information content (AvgIpc) is 3.01. The number of hydrogen-bond donors (Lipinski definition) is 0. The first-order valence-electron chi connectivity index (χ1n) is 7.27. The first kappa shape index (κ1) is 15.2. The molecule has 118 valence electrons. The van der Waals surface area contributed by atoms with E-state index in [0.29, 0.717) is 19.0 Å². The number of sulfonamides is 1. The monoisotopic (exact) mass is 323 g/mol. The lowest BCUT2D eigenvalue weighted by Gasteiger charge is -2.31. The second kappa shape index (κ2) is 6.18. The Labute approximate surface area is 129 Å². The van der Waals surface area contributed by atoms with Crippen molar-refractivity contribution in [2.24, 2.45) is 5.92 Å². The highest BCUT2D eigenvalue weighted by Gasteiger charge is 2.29. The van der Waals surface area contributed by atoms with E-state index < -0.39 is 15.8 Å². The molecular weight excluding hydrogens is 305 g/mol. The molecule has 3 rings (SSSR count). The van der Waals surface area contributed by atoms with Crippen molar-refractivity contribution in [3.05, 3.63) is 48.8 Å². The third kappa shape index (κ3) is 3.20. The maximum Gasteiger partial charge on any atom is 0.243 e. The normalized spacial score (nSPS) is 17.7. The van der Waals surface area contributed by atoms with Gasteiger partial charge in [-0.15, -0.1) is 0 Å². The molecule has 22 heavy (non-hydrogen) atoms. The highest BCUT2D eigenvalue weighted by atomic mass is 32.2. The molecule has 2 heterocycles. The molecule has 2 aromatic rings. The molecule has 5 nitrogen and oxygen atoms in total. The number of benzene rings is 1. The van der Waals surface area contributed by atoms with Crippen LogP contribution in [0.3, 0.4) is 0 Å². The van der Waals surface area contributed by atoms with Crippen molar-refractivity contribution >= 4 is 10.0 Å². The van der Waals surface area contributed by atoms with Gasteiger partial charge in [0, 0.05) is 32.0 Å². The van der Waals surface area contributed by atoms with E-state index in [4.69, 9.17) is 0 Å². The minimum Gasteiger partial charge on any atom is -0.337 e. The van der Waals surface area contributed by atoms with Crippen molar-refractivity contribution in [2.75, 3.05) is 13.1 Å². The van der Waals surface area contributed by atoms with Crippen LogP contribution in [-0.2, 0) is 16.6 Å². The fraction of sp³-hybridized carbons (Fsp3) is 0.400. The van der Waals surface area contributed by atoms with Crippen molar-refractivity contribution in [3.8, 4) is 0 Å². The zero-order chi connectivity index (χ0) is 15.6. The summed E-state index contributed by atoms with van der Waals surface area (Å²) in [6.45, 7) is 1.86. The lowest BCUT2D eigenvalue weighted by atomic mass is 9.98. The SMILES string of the molecule is O=S(=O)(c1ccc(F)cc1)N1CCC(Cn2ccnc2)CC1. The zero-order valence-electron chi connectivity index (χ0n) is 12.1. The Balaban J connectivity index is 1.64. The van der Waals surface area contributed by atoms with E-state index in [1.807, 2.05) is 10.8 Å². The minimum absolute atomic E-state index is 0.155. The van der Waals surface area contributed by atoms with Gasteiger partial charge in [-0.3, -0.25) is 0 Å². The highest BCUT2D eigenvalue weighted by molar-refractivity contribution is 7.89. The highest BCUT2D eigenvalue weighted by Crippen LogP contribution is 2.24. The third-order valence-electron chi connectivity index (χ3n) is 4.05. The van der Waals surface area contributed by atoms with Gasteiger partial charge in [0.1, 0.15) is 5.82 Å². The van der Waals surface area contributed by atoms with Crippen molar-refractivity contribution in [1.29, 1.82) is 0 Å². The van der Waals surface area contributed by atoms with Crippen LogP contribution in [0.4, 0.5) is 4.39 Å². The van der Waals surface area contributed by atoms with E-state index in [9.17, 15) is 12.8 Å². The summed E-state index contributed by atoms with van der Waals surface area (Å²) in [5.41, 5.74) is 0. The Hall–Kier alpha value is -1.73. The standard InChI is InChI=1S/C15H18FN3O2S/c16-14-1-3-15(4-2-14)22(20,21)19-8-5-13(6-9-19)11-18-10-7-17-12-18/h1-4,7,10,12-13H,5-6,8-9,11H2. The van der Waals surface area contributed by atoms with E-state index in [1.54, 1.807) is 12.5 Å². The summed E-state index contributed by atoms with van der Waals surface area (Å²) in [6, 6.07) is 5.00. The Morgan fingerprint density at radius 1 is 1.18 bits per heavy atom. The average molecular weight is 323 g/mol. The Morgan fingerprint density at radius 2 is 1.86 bits per heavy atom. The third-order valence-corrected chi connectivity index (χ3v) is 5.97. The van der Waals surface area contributed by atoms with Gasteiger partial charge in [0.2, 0.25) is 10.0 Å². The molecule has 0 bridgehead atoms. The van der Waals surface area contributed by atoms with Crippen LogP contribution in [0.25, 0.3) is 0 Å². The maximum atomic E-state index is 12.9. The van der Waals surface area contributed by atoms with E-state index in [2.05, 4.69) is 4.98 Å². The van der Waals surface area contributed by atoms with Gasteiger partial charge in [0.15, 0.2) is 0 Å². The molecule has 0 saturated carbocycles. The van der Waals surface area contributed by atoms with Crippen LogP contribution in [0.5, 0.6) is 0 Å². The number of imidazole rings is 1. The topological polar surface area (TPSA) is 55.2 Å². The lowest BCUT2D eigenvalue weighted by Crippen LogP contribution is -2.39. The first-order valence-corrected chi connectivity index (χ1v) is 8.71. The number of halogens is 1. The fourth-order valence-corrected chi connectivity index (χ4v) is 4.25. The molecule has 1 aliphatic heterocycles. The molecule has 1 aromatic carbocycles. The zero-order valence-corrected chi connectivity index (χ0v) is 12.9. The number of rotatable bonds is 4. The number of piperidine rings is 1. The lowest BCUT2D eigenvalue weighted by molar-refractivity contribution is 0.253. The Morgan fingerprint density at radius 3 is 2.45 bits per heavy atom. The Bertz CT molecular complexity index is 706. The quantitative estimate of drug-likeness (QED) is 0.866. The predicted octanol–water partition coefficient (Wildman–Crippen LogP) is 2.12. The molecule has 0 amide bonds. The summed E-state index contributed by atoms with van der Waals surface area (Å²) in [6.07, 6.45) is 7.08. The largest absolute Gasteiger partial charge is 0.337 e. The molecule has 0 N–H and O–H groups in total. The maximum absolute atomic E-state index is 12.9. The smallest absolute Gasteiger partial charge is 0.243 e. The molecule has 0 atom stereocenters. The van der Waals surface area contributed by atoms with Crippen molar-refractivity contribution in [1.82, 2.24) is 13.9 Å². The molecule has 1 saturated heterocycles. The summed E-state index contributed by atoms with van der Waals surface area (Å²) in [4.78, 5) is 4.17. The van der Waals surface area contributed by atoms with Crippen LogP contribution in [0.1, 0.15) is 12.8 Å². The number of hydrogen-bond acceptors (Lipinski definition) is 3. The fourth-order valence-electron chi connectivity index (χ4n) is 2.78. The van der Waals surface area contributed by atoms with Crippen molar-refractivity contribution in [2.45, 2.75) is 24.3 Å². The second-order valence-electron chi connectivity index (χ2n) is 5.56. The van der Waals surface area contributed by atoms with Gasteiger partial charge in [-0.2, -0.15) is 4.31 Å². The van der Waals surface area contributed by atoms with E-state index in [0.717, 1.165) is 19.4 Å². The van der Waals surface area contributed by atoms with Crippen molar-refractivity contribution in [3.63, 3.8) is 0 Å². The second-order valence-corrected chi connectivity index (χ2v) is 7.50. The van der Waals surface area contributed by atoms with Crippen LogP contribution < -0.4 is 0 Å². The molecule has 0 aliphatic carbocycles. The first-order chi connectivity index (χ1) is 10.6. The Kier molecular flexibility index (Phi) is 4.26. The summed E-state index contributed by atoms with van der Waals surface area (Å²) in [5.74, 6) is 0.0202. The molecule has 1 aromatic heterocycles. The van der Waals surface area contributed by atoms with Gasteiger partial charge in [-0.1, -0.05) is 0 Å². The van der Waals surface area contributed by atoms with Gasteiger partial charge >= 0.3 is 0 Å². The summed E-state index contributed by atoms with van der Waals surface area (Å²) < 4.78 is 41.5. The number of nitrogens with zero attached hydrogens (tertiary/aromatic N) is 3. The van der Waals surface area contributed by atoms with Gasteiger partial charge in [-0.25, -0.2) is 17.8 Å². The summed E-state index contributed by atoms with van der Waals surface area (Å²) >= 11 is 0. The summed E-state index contributed by atoms with van der Waals surface area (Å²) in [7, 11) is -3.52. The molecule has 1 aliphatic rings. The molecule has 0 spiro atoms. The van der Waals surface area contributed by atoms with Crippen LogP contribution in [0.15, 0.2) is 47.9 Å². The van der Waals surface area contributed by atoms with E-state index in [-0.39, 0.29) is 4.90 Å². The van der Waals surface area contributed by atoms with Gasteiger partial charge < -0.3 is 4.57 Å². The minimum atomic E-state index is -3.52. The van der Waals surface area contributed by atoms with Gasteiger partial charge in [0.05, 0.1) is 11.2 Å². The summed E-state index contributed by atoms with van der Waals surface area (Å²) in [5, 5.41) is 0. The predicted molar refractivity (Wildman–Crippen MR) is 80.1 cm³/mol. The van der Waals surface area contributed by atoms with Crippen LogP contribution in [-0.4, -0.2) is 35.4 Å². The molecule has 0 radical (unpaired) electrons. The van der Waals surface area contributed by atoms with Gasteiger partial charge in [0.25, 0.3) is 0 Å².